The molecule has 0 spiro atoms. The van der Waals surface area contributed by atoms with E-state index in [-0.39, 0.29) is 0 Å². The van der Waals surface area contributed by atoms with Gasteiger partial charge in [-0.15, -0.1) is 0 Å². The van der Waals surface area contributed by atoms with Gasteiger partial charge in [-0.05, 0) is 20.3 Å². The van der Waals surface area contributed by atoms with E-state index in [0.717, 1.165) is 0 Å². The number of carboxylic acid groups (broad SMARTS) is 1. The van der Waals surface area contributed by atoms with E-state index in [9.17, 15) is 9.59 Å². The molecule has 0 fully saturated rings. The summed E-state index contributed by atoms with van der Waals surface area (Å²) in [4.78, 5) is 22.8. The lowest BCUT2D eigenvalue weighted by atomic mass is 10.1. The molecule has 6 heteroatoms. The van der Waals surface area contributed by atoms with Gasteiger partial charge in [-0.1, -0.05) is 18.5 Å². The highest BCUT2D eigenvalue weighted by Gasteiger charge is 2.23. The normalized spacial score (nSPS) is 12.2. The second kappa shape index (κ2) is 5.47. The molecule has 0 aliphatic heterocycles. The van der Waals surface area contributed by atoms with Crippen LogP contribution < -0.4 is 5.32 Å². The monoisotopic (exact) mass is 240 g/mol. The van der Waals surface area contributed by atoms with Crippen LogP contribution >= 0.6 is 0 Å². The summed E-state index contributed by atoms with van der Waals surface area (Å²) in [6.45, 7) is 5.11. The summed E-state index contributed by atoms with van der Waals surface area (Å²) >= 11 is 0. The molecule has 1 rings (SSSR count). The van der Waals surface area contributed by atoms with Crippen molar-refractivity contribution in [1.29, 1.82) is 0 Å². The largest absolute Gasteiger partial charge is 0.480 e. The minimum absolute atomic E-state index is 0.312. The van der Waals surface area contributed by atoms with E-state index in [1.54, 1.807) is 13.8 Å². The van der Waals surface area contributed by atoms with Gasteiger partial charge in [0, 0.05) is 0 Å². The number of nitrogens with one attached hydrogen (secondary N) is 1. The molecule has 0 aliphatic rings. The van der Waals surface area contributed by atoms with Crippen molar-refractivity contribution in [2.75, 3.05) is 0 Å². The number of carbonyl (C=O) groups is 2. The van der Waals surface area contributed by atoms with Crippen LogP contribution in [0.5, 0.6) is 0 Å². The van der Waals surface area contributed by atoms with Crippen molar-refractivity contribution >= 4 is 11.9 Å². The summed E-state index contributed by atoms with van der Waals surface area (Å²) in [5.41, 5.74) is 0.771. The minimum Gasteiger partial charge on any atom is -0.480 e. The van der Waals surface area contributed by atoms with Gasteiger partial charge in [-0.3, -0.25) is 4.79 Å². The van der Waals surface area contributed by atoms with Gasteiger partial charge in [-0.2, -0.15) is 0 Å². The maximum Gasteiger partial charge on any atom is 0.326 e. The van der Waals surface area contributed by atoms with Crippen LogP contribution in [0, 0.1) is 13.8 Å². The van der Waals surface area contributed by atoms with E-state index in [0.29, 0.717) is 29.9 Å². The van der Waals surface area contributed by atoms with Crippen molar-refractivity contribution < 1.29 is 19.2 Å². The molecule has 1 heterocycles. The van der Waals surface area contributed by atoms with E-state index in [1.807, 2.05) is 6.92 Å². The number of aliphatic carboxylic acids is 1. The van der Waals surface area contributed by atoms with Crippen LogP contribution in [0.4, 0.5) is 0 Å². The third-order valence-electron chi connectivity index (χ3n) is 2.44. The Morgan fingerprint density at radius 1 is 1.47 bits per heavy atom. The Morgan fingerprint density at radius 3 is 2.53 bits per heavy atom. The smallest absolute Gasteiger partial charge is 0.326 e. The first-order chi connectivity index (χ1) is 7.97. The van der Waals surface area contributed by atoms with Gasteiger partial charge in [0.1, 0.15) is 17.4 Å². The average molecular weight is 240 g/mol. The van der Waals surface area contributed by atoms with Crippen molar-refractivity contribution in [1.82, 2.24) is 10.5 Å². The Kier molecular flexibility index (Phi) is 4.25. The Balaban J connectivity index is 2.81. The fourth-order valence-corrected chi connectivity index (χ4v) is 1.58. The van der Waals surface area contributed by atoms with E-state index in [2.05, 4.69) is 10.5 Å². The van der Waals surface area contributed by atoms with Crippen LogP contribution in [-0.2, 0) is 4.79 Å². The summed E-state index contributed by atoms with van der Waals surface area (Å²) < 4.78 is 4.86. The number of carboxylic acids is 1. The zero-order valence-electron chi connectivity index (χ0n) is 10.1. The quantitative estimate of drug-likeness (QED) is 0.808. The molecule has 6 nitrogen and oxygen atoms in total. The number of carbonyl (C=O) groups excluding carboxylic acids is 1. The van der Waals surface area contributed by atoms with Gasteiger partial charge in [0.15, 0.2) is 0 Å². The Hall–Kier alpha value is -1.85. The highest BCUT2D eigenvalue weighted by Crippen LogP contribution is 2.12. The van der Waals surface area contributed by atoms with E-state index >= 15 is 0 Å². The Morgan fingerprint density at radius 2 is 2.12 bits per heavy atom. The van der Waals surface area contributed by atoms with Crippen molar-refractivity contribution in [2.45, 2.75) is 39.7 Å². The first-order valence-electron chi connectivity index (χ1n) is 5.43. The van der Waals surface area contributed by atoms with Crippen LogP contribution in [0.25, 0.3) is 0 Å². The molecule has 94 valence electrons. The number of aryl methyl sites for hydroxylation is 2. The third-order valence-corrected chi connectivity index (χ3v) is 2.44. The maximum atomic E-state index is 11.9. The number of amides is 1. The Labute approximate surface area is 99.0 Å². The summed E-state index contributed by atoms with van der Waals surface area (Å²) in [6.07, 6.45) is 1.07. The topological polar surface area (TPSA) is 92.4 Å². The zero-order chi connectivity index (χ0) is 13.0. The molecule has 1 aromatic heterocycles. The average Bonchev–Trinajstić information content (AvgIpc) is 2.57. The van der Waals surface area contributed by atoms with Crippen molar-refractivity contribution in [3.8, 4) is 0 Å². The van der Waals surface area contributed by atoms with Gasteiger partial charge < -0.3 is 14.9 Å². The van der Waals surface area contributed by atoms with Gasteiger partial charge in [-0.25, -0.2) is 4.79 Å². The SMILES string of the molecule is CCCC(NC(=O)c1c(C)noc1C)C(=O)O. The van der Waals surface area contributed by atoms with Gasteiger partial charge >= 0.3 is 5.97 Å². The molecular weight excluding hydrogens is 224 g/mol. The second-order valence-corrected chi connectivity index (χ2v) is 3.85. The van der Waals surface area contributed by atoms with E-state index in [1.165, 1.54) is 0 Å². The van der Waals surface area contributed by atoms with Gasteiger partial charge in [0.25, 0.3) is 5.91 Å². The highest BCUT2D eigenvalue weighted by atomic mass is 16.5. The number of nitrogens with zero attached hydrogens (tertiary/aromatic N) is 1. The van der Waals surface area contributed by atoms with E-state index in [4.69, 9.17) is 9.63 Å². The molecule has 1 atom stereocenters. The standard InChI is InChI=1S/C11H16N2O4/c1-4-5-8(11(15)16)12-10(14)9-6(2)13-17-7(9)3/h8H,4-5H2,1-3H3,(H,12,14)(H,15,16). The number of rotatable bonds is 5. The number of hydrogen-bond donors (Lipinski definition) is 2. The molecule has 0 saturated carbocycles. The summed E-state index contributed by atoms with van der Waals surface area (Å²) in [7, 11) is 0. The fraction of sp³-hybridized carbons (Fsp3) is 0.545. The van der Waals surface area contributed by atoms with E-state index < -0.39 is 17.9 Å². The molecule has 17 heavy (non-hydrogen) atoms. The van der Waals surface area contributed by atoms with Crippen molar-refractivity contribution in [3.05, 3.63) is 17.0 Å². The molecule has 0 aromatic carbocycles. The highest BCUT2D eigenvalue weighted by molar-refractivity contribution is 5.98. The molecule has 1 unspecified atom stereocenters. The summed E-state index contributed by atoms with van der Waals surface area (Å²) in [6, 6.07) is -0.874. The van der Waals surface area contributed by atoms with Crippen LogP contribution in [0.15, 0.2) is 4.52 Å². The van der Waals surface area contributed by atoms with Crippen LogP contribution in [-0.4, -0.2) is 28.2 Å². The predicted molar refractivity (Wildman–Crippen MR) is 59.8 cm³/mol. The molecule has 0 aliphatic carbocycles. The molecule has 1 aromatic rings. The van der Waals surface area contributed by atoms with Crippen LogP contribution in [0.2, 0.25) is 0 Å². The number of hydrogen-bond acceptors (Lipinski definition) is 4. The second-order valence-electron chi connectivity index (χ2n) is 3.85. The van der Waals surface area contributed by atoms with Gasteiger partial charge in [0.05, 0.1) is 5.69 Å². The van der Waals surface area contributed by atoms with Crippen molar-refractivity contribution in [2.24, 2.45) is 0 Å². The van der Waals surface area contributed by atoms with Gasteiger partial charge in [0.2, 0.25) is 0 Å². The lowest BCUT2D eigenvalue weighted by Gasteiger charge is -2.13. The molecule has 1 amide bonds. The molecule has 0 bridgehead atoms. The molecular formula is C11H16N2O4. The first-order valence-corrected chi connectivity index (χ1v) is 5.43. The number of aromatic nitrogens is 1. The lowest BCUT2D eigenvalue weighted by molar-refractivity contribution is -0.139. The van der Waals surface area contributed by atoms with Crippen molar-refractivity contribution in [3.63, 3.8) is 0 Å². The molecule has 0 saturated heterocycles. The molecule has 0 radical (unpaired) electrons. The zero-order valence-corrected chi connectivity index (χ0v) is 10.1. The lowest BCUT2D eigenvalue weighted by Crippen LogP contribution is -2.40. The summed E-state index contributed by atoms with van der Waals surface area (Å²) in [5.74, 6) is -1.10. The third kappa shape index (κ3) is 3.05. The molecule has 2 N–H and O–H groups in total. The maximum absolute atomic E-state index is 11.9. The Bertz CT molecular complexity index is 406. The predicted octanol–water partition coefficient (Wildman–Crippen LogP) is 1.27. The fourth-order valence-electron chi connectivity index (χ4n) is 1.58. The minimum atomic E-state index is -1.04. The first kappa shape index (κ1) is 13.2. The van der Waals surface area contributed by atoms with Crippen LogP contribution in [0.1, 0.15) is 41.6 Å². The van der Waals surface area contributed by atoms with Crippen LogP contribution in [0.3, 0.4) is 0 Å². The summed E-state index contributed by atoms with van der Waals surface area (Å²) in [5, 5.41) is 15.1.